The molecule has 0 bridgehead atoms. The molecule has 5 amide bonds. The van der Waals surface area contributed by atoms with E-state index in [4.69, 9.17) is 0 Å². The van der Waals surface area contributed by atoms with Gasteiger partial charge in [0.15, 0.2) is 0 Å². The Kier molecular flexibility index (Phi) is 8.57. The zero-order chi connectivity index (χ0) is 33.2. The van der Waals surface area contributed by atoms with Gasteiger partial charge in [0.1, 0.15) is 12.1 Å². The van der Waals surface area contributed by atoms with Gasteiger partial charge in [0.2, 0.25) is 23.5 Å². The van der Waals surface area contributed by atoms with Crippen LogP contribution in [0.1, 0.15) is 53.9 Å². The number of hydrogen-bond donors (Lipinski definition) is 3. The quantitative estimate of drug-likeness (QED) is 0.268. The van der Waals surface area contributed by atoms with Gasteiger partial charge in [-0.15, -0.1) is 0 Å². The molecule has 0 radical (unpaired) electrons. The number of likely N-dealkylation sites (tertiary alicyclic amines) is 2. The number of nitrogens with zero attached hydrogens (tertiary/aromatic N) is 2. The predicted molar refractivity (Wildman–Crippen MR) is 143 cm³/mol. The lowest BCUT2D eigenvalue weighted by molar-refractivity contribution is -0.176. The van der Waals surface area contributed by atoms with Crippen LogP contribution < -0.4 is 16.0 Å². The van der Waals surface area contributed by atoms with Gasteiger partial charge in [-0.05, 0) is 41.9 Å². The van der Waals surface area contributed by atoms with Gasteiger partial charge in [-0.1, -0.05) is 34.6 Å². The molecule has 0 aromatic heterocycles. The van der Waals surface area contributed by atoms with Gasteiger partial charge in [0, 0.05) is 19.0 Å². The van der Waals surface area contributed by atoms with Crippen molar-refractivity contribution in [3.63, 3.8) is 0 Å². The Balaban J connectivity index is 1.59. The number of piperidine rings is 2. The van der Waals surface area contributed by atoms with Gasteiger partial charge >= 0.3 is 12.1 Å². The number of carbonyl (C=O) groups is 6. The van der Waals surface area contributed by atoms with Crippen LogP contribution in [0, 0.1) is 28.6 Å². The molecule has 4 fully saturated rings. The molecule has 3 N–H and O–H groups in total. The largest absolute Gasteiger partial charge is 0.471 e. The fourth-order valence-electron chi connectivity index (χ4n) is 6.63. The number of ketones is 1. The van der Waals surface area contributed by atoms with Crippen LogP contribution >= 0.6 is 0 Å². The average molecular weight is 636 g/mol. The maximum atomic E-state index is 13.9. The molecular formula is C28H38F5N5O6. The topological polar surface area (TPSA) is 145 Å². The Morgan fingerprint density at radius 1 is 1.05 bits per heavy atom. The van der Waals surface area contributed by atoms with Crippen molar-refractivity contribution in [2.24, 2.45) is 28.6 Å². The summed E-state index contributed by atoms with van der Waals surface area (Å²) in [6.45, 7) is 6.52. The van der Waals surface area contributed by atoms with Gasteiger partial charge in [-0.25, -0.2) is 8.78 Å². The molecular weight excluding hydrogens is 597 g/mol. The number of carbonyl (C=O) groups excluding carboxylic acids is 6. The first-order valence-corrected chi connectivity index (χ1v) is 14.5. The summed E-state index contributed by atoms with van der Waals surface area (Å²) < 4.78 is 66.2. The average Bonchev–Trinajstić information content (AvgIpc) is 3.20. The third kappa shape index (κ3) is 6.53. The van der Waals surface area contributed by atoms with Crippen LogP contribution in [0.15, 0.2) is 0 Å². The van der Waals surface area contributed by atoms with Crippen LogP contribution in [0.5, 0.6) is 0 Å². The van der Waals surface area contributed by atoms with E-state index < -0.39 is 101 Å². The maximum absolute atomic E-state index is 13.9. The molecule has 44 heavy (non-hydrogen) atoms. The van der Waals surface area contributed by atoms with Crippen LogP contribution in [-0.2, 0) is 28.8 Å². The summed E-state index contributed by atoms with van der Waals surface area (Å²) in [4.78, 5) is 79.7. The number of amides is 5. The number of alkyl halides is 5. The third-order valence-corrected chi connectivity index (χ3v) is 9.30. The van der Waals surface area contributed by atoms with E-state index in [-0.39, 0.29) is 18.9 Å². The maximum Gasteiger partial charge on any atom is 0.471 e. The first kappa shape index (κ1) is 33.6. The Hall–Kier alpha value is -3.33. The van der Waals surface area contributed by atoms with Crippen molar-refractivity contribution in [1.29, 1.82) is 0 Å². The van der Waals surface area contributed by atoms with E-state index in [0.717, 1.165) is 4.90 Å². The highest BCUT2D eigenvalue weighted by Gasteiger charge is 2.70. The fourth-order valence-corrected chi connectivity index (χ4v) is 6.63. The van der Waals surface area contributed by atoms with E-state index in [9.17, 15) is 50.7 Å². The molecule has 3 heterocycles. The highest BCUT2D eigenvalue weighted by atomic mass is 19.4. The van der Waals surface area contributed by atoms with Crippen molar-refractivity contribution in [1.82, 2.24) is 25.8 Å². The molecule has 1 saturated carbocycles. The molecule has 246 valence electrons. The smallest absolute Gasteiger partial charge is 0.356 e. The predicted octanol–water partition coefficient (Wildman–Crippen LogP) is 1.01. The Morgan fingerprint density at radius 3 is 2.18 bits per heavy atom. The van der Waals surface area contributed by atoms with Gasteiger partial charge in [0.05, 0.1) is 19.1 Å². The third-order valence-electron chi connectivity index (χ3n) is 9.30. The second kappa shape index (κ2) is 11.2. The summed E-state index contributed by atoms with van der Waals surface area (Å²) >= 11 is 0. The molecule has 0 spiro atoms. The van der Waals surface area contributed by atoms with Gasteiger partial charge in [0.25, 0.3) is 11.8 Å². The normalized spacial score (nSPS) is 28.5. The number of hydrogen-bond acceptors (Lipinski definition) is 6. The Labute approximate surface area is 251 Å². The lowest BCUT2D eigenvalue weighted by Crippen LogP contribution is -2.63. The highest BCUT2D eigenvalue weighted by Crippen LogP contribution is 2.65. The highest BCUT2D eigenvalue weighted by molar-refractivity contribution is 6.38. The molecule has 4 aliphatic rings. The van der Waals surface area contributed by atoms with Crippen molar-refractivity contribution >= 4 is 35.3 Å². The Morgan fingerprint density at radius 2 is 1.66 bits per heavy atom. The molecule has 16 heteroatoms. The fraction of sp³-hybridized carbons (Fsp3) is 0.786. The molecule has 3 aliphatic heterocycles. The summed E-state index contributed by atoms with van der Waals surface area (Å²) in [6, 6.07) is -4.51. The summed E-state index contributed by atoms with van der Waals surface area (Å²) in [6.07, 6.45) is -4.64. The number of Topliss-reactive ketones (excluding diaryl/α,β-unsaturated/α-hetero) is 1. The number of fused-ring (bicyclic) bond motifs is 1. The lowest BCUT2D eigenvalue weighted by atomic mass is 9.85. The van der Waals surface area contributed by atoms with Crippen molar-refractivity contribution in [3.05, 3.63) is 0 Å². The first-order chi connectivity index (χ1) is 20.1. The van der Waals surface area contributed by atoms with Crippen molar-refractivity contribution < 1.29 is 50.7 Å². The van der Waals surface area contributed by atoms with Crippen LogP contribution in [0.2, 0.25) is 0 Å². The zero-order valence-electron chi connectivity index (χ0n) is 25.1. The van der Waals surface area contributed by atoms with Crippen LogP contribution in [0.25, 0.3) is 0 Å². The second-order valence-corrected chi connectivity index (χ2v) is 14.0. The number of nitrogens with one attached hydrogen (secondary N) is 3. The van der Waals surface area contributed by atoms with Crippen molar-refractivity contribution in [2.75, 3.05) is 26.2 Å². The van der Waals surface area contributed by atoms with Crippen LogP contribution in [0.3, 0.4) is 0 Å². The first-order valence-electron chi connectivity index (χ1n) is 14.5. The SMILES string of the molecule is CC(C)(C)C(NC(=O)C(F)(F)F)C(=O)N1C[C@H]2[C@@H]([C@H]1C(=O)NC(CC1CCCNC1=O)C(=O)C(=O)N1CC(F)(F)C1)C2(C)C. The van der Waals surface area contributed by atoms with E-state index >= 15 is 0 Å². The van der Waals surface area contributed by atoms with E-state index in [2.05, 4.69) is 10.6 Å². The number of rotatable bonds is 8. The molecule has 4 rings (SSSR count). The van der Waals surface area contributed by atoms with Gasteiger partial charge < -0.3 is 25.8 Å². The molecule has 3 unspecified atom stereocenters. The van der Waals surface area contributed by atoms with E-state index in [1.54, 1.807) is 5.32 Å². The minimum absolute atomic E-state index is 0.00547. The molecule has 11 nitrogen and oxygen atoms in total. The molecule has 6 atom stereocenters. The Bertz CT molecular complexity index is 1240. The van der Waals surface area contributed by atoms with Gasteiger partial charge in [-0.3, -0.25) is 28.8 Å². The summed E-state index contributed by atoms with van der Waals surface area (Å²) in [5.74, 6) is -11.5. The van der Waals surface area contributed by atoms with E-state index in [1.165, 1.54) is 20.8 Å². The minimum Gasteiger partial charge on any atom is -0.356 e. The summed E-state index contributed by atoms with van der Waals surface area (Å²) in [7, 11) is 0. The minimum atomic E-state index is -5.26. The van der Waals surface area contributed by atoms with Crippen LogP contribution in [-0.4, -0.2) is 102 Å². The van der Waals surface area contributed by atoms with E-state index in [0.29, 0.717) is 24.3 Å². The standard InChI is InChI=1S/C28H38F5N5O6/c1-25(2,3)19(36-24(44)28(31,32)33)23(43)38-10-14-16(26(14,4)5)17(38)21(41)35-15(9-13-7-6-8-34-20(13)40)18(39)22(42)37-11-27(29,30)12-37/h13-17,19H,6-12H2,1-5H3,(H,34,40)(H,35,41)(H,36,44)/t13?,14-,15?,16-,17-,19?/m0/s1. The lowest BCUT2D eigenvalue weighted by Gasteiger charge is -2.39. The van der Waals surface area contributed by atoms with E-state index in [1.807, 2.05) is 13.8 Å². The van der Waals surface area contributed by atoms with Crippen LogP contribution in [0.4, 0.5) is 22.0 Å². The molecule has 3 saturated heterocycles. The molecule has 1 aliphatic carbocycles. The summed E-state index contributed by atoms with van der Waals surface area (Å²) in [5, 5.41) is 6.88. The zero-order valence-corrected chi connectivity index (χ0v) is 25.1. The van der Waals surface area contributed by atoms with Crippen molar-refractivity contribution in [2.45, 2.75) is 84.1 Å². The summed E-state index contributed by atoms with van der Waals surface area (Å²) in [5.41, 5.74) is -1.65. The number of halogens is 5. The monoisotopic (exact) mass is 635 g/mol. The second-order valence-electron chi connectivity index (χ2n) is 14.0. The molecule has 0 aromatic carbocycles. The van der Waals surface area contributed by atoms with Crippen molar-refractivity contribution in [3.8, 4) is 0 Å². The molecule has 0 aromatic rings. The van der Waals surface area contributed by atoms with Gasteiger partial charge in [-0.2, -0.15) is 13.2 Å².